The molecule has 0 unspecified atom stereocenters. The van der Waals surface area contributed by atoms with Crippen LogP contribution >= 0.6 is 24.0 Å². The van der Waals surface area contributed by atoms with E-state index in [0.29, 0.717) is 15.8 Å². The highest BCUT2D eigenvalue weighted by Gasteiger charge is 2.31. The normalized spacial score (nSPS) is 15.2. The van der Waals surface area contributed by atoms with Crippen molar-refractivity contribution in [3.8, 4) is 0 Å². The van der Waals surface area contributed by atoms with E-state index in [-0.39, 0.29) is 17.9 Å². The molecular formula is C22H27NO5S2. The number of nitrogens with zero attached hydrogens (tertiary/aromatic N) is 1. The standard InChI is InChI=1S/C22H27NO5S2/c24-19(25)9-7-5-3-1-2-4-6-8-14-23-20(26)18(30-22(23)29)15-16-10-12-17(13-11-16)21(27)28/h10-13,15H,1-9,14H2,(H,24,25)(H,27,28)/b18-15-. The monoisotopic (exact) mass is 449 g/mol. The van der Waals surface area contributed by atoms with Crippen LogP contribution in [0, 0.1) is 0 Å². The first-order valence-corrected chi connectivity index (χ1v) is 11.4. The van der Waals surface area contributed by atoms with Gasteiger partial charge >= 0.3 is 11.9 Å². The number of carbonyl (C=O) groups is 3. The highest BCUT2D eigenvalue weighted by Crippen LogP contribution is 2.32. The average Bonchev–Trinajstić information content (AvgIpc) is 2.96. The van der Waals surface area contributed by atoms with E-state index < -0.39 is 11.9 Å². The zero-order valence-electron chi connectivity index (χ0n) is 16.8. The summed E-state index contributed by atoms with van der Waals surface area (Å²) in [5.74, 6) is -1.80. The van der Waals surface area contributed by atoms with E-state index in [1.165, 1.54) is 23.9 Å². The van der Waals surface area contributed by atoms with E-state index >= 15 is 0 Å². The Hall–Kier alpha value is -2.19. The van der Waals surface area contributed by atoms with Crippen molar-refractivity contribution in [2.24, 2.45) is 0 Å². The summed E-state index contributed by atoms with van der Waals surface area (Å²) in [4.78, 5) is 36.2. The molecule has 0 saturated carbocycles. The minimum atomic E-state index is -0.981. The summed E-state index contributed by atoms with van der Waals surface area (Å²) in [6.45, 7) is 0.610. The molecule has 0 spiro atoms. The predicted molar refractivity (Wildman–Crippen MR) is 122 cm³/mol. The van der Waals surface area contributed by atoms with Crippen LogP contribution in [0.5, 0.6) is 0 Å². The maximum absolute atomic E-state index is 12.6. The quantitative estimate of drug-likeness (QED) is 0.243. The Morgan fingerprint density at radius 1 is 0.933 bits per heavy atom. The van der Waals surface area contributed by atoms with Gasteiger partial charge in [-0.15, -0.1) is 0 Å². The summed E-state index contributed by atoms with van der Waals surface area (Å²) < 4.78 is 0.562. The highest BCUT2D eigenvalue weighted by molar-refractivity contribution is 8.26. The third-order valence-corrected chi connectivity index (χ3v) is 6.23. The molecule has 162 valence electrons. The topological polar surface area (TPSA) is 94.9 Å². The highest BCUT2D eigenvalue weighted by atomic mass is 32.2. The molecule has 1 saturated heterocycles. The largest absolute Gasteiger partial charge is 0.481 e. The number of carboxylic acids is 2. The molecule has 1 aromatic rings. The van der Waals surface area contributed by atoms with E-state index in [4.69, 9.17) is 22.4 Å². The van der Waals surface area contributed by atoms with Crippen LogP contribution in [0.4, 0.5) is 0 Å². The molecule has 1 fully saturated rings. The molecule has 0 aromatic heterocycles. The smallest absolute Gasteiger partial charge is 0.335 e. The van der Waals surface area contributed by atoms with Crippen molar-refractivity contribution in [2.45, 2.75) is 57.8 Å². The Labute approximate surface area is 186 Å². The fourth-order valence-electron chi connectivity index (χ4n) is 3.17. The number of amides is 1. The van der Waals surface area contributed by atoms with Gasteiger partial charge in [0.2, 0.25) is 0 Å². The zero-order valence-corrected chi connectivity index (χ0v) is 18.5. The van der Waals surface area contributed by atoms with Crippen molar-refractivity contribution in [1.82, 2.24) is 4.90 Å². The van der Waals surface area contributed by atoms with E-state index in [1.54, 1.807) is 23.1 Å². The number of hydrogen-bond acceptors (Lipinski definition) is 5. The maximum Gasteiger partial charge on any atom is 0.335 e. The molecule has 1 aliphatic rings. The first-order chi connectivity index (χ1) is 14.4. The number of thioether (sulfide) groups is 1. The summed E-state index contributed by atoms with van der Waals surface area (Å²) in [5, 5.41) is 17.6. The second-order valence-electron chi connectivity index (χ2n) is 7.23. The number of unbranched alkanes of at least 4 members (excludes halogenated alkanes) is 7. The van der Waals surface area contributed by atoms with Crippen molar-refractivity contribution in [2.75, 3.05) is 6.54 Å². The van der Waals surface area contributed by atoms with Gasteiger partial charge in [-0.05, 0) is 36.6 Å². The molecule has 0 atom stereocenters. The van der Waals surface area contributed by atoms with Crippen LogP contribution in [0.3, 0.4) is 0 Å². The molecule has 2 N–H and O–H groups in total. The minimum absolute atomic E-state index is 0.0919. The lowest BCUT2D eigenvalue weighted by Gasteiger charge is -2.14. The molecule has 0 aliphatic carbocycles. The maximum atomic E-state index is 12.6. The Morgan fingerprint density at radius 2 is 1.50 bits per heavy atom. The third-order valence-electron chi connectivity index (χ3n) is 4.85. The first kappa shape index (κ1) is 24.1. The Kier molecular flexibility index (Phi) is 10.0. The van der Waals surface area contributed by atoms with Crippen LogP contribution in [0.1, 0.15) is 73.7 Å². The second kappa shape index (κ2) is 12.5. The fraction of sp³-hybridized carbons (Fsp3) is 0.455. The van der Waals surface area contributed by atoms with Gasteiger partial charge in [-0.2, -0.15) is 0 Å². The molecule has 6 nitrogen and oxygen atoms in total. The summed E-state index contributed by atoms with van der Waals surface area (Å²) in [5.41, 5.74) is 0.976. The first-order valence-electron chi connectivity index (χ1n) is 10.2. The van der Waals surface area contributed by atoms with Crippen LogP contribution in [0.25, 0.3) is 6.08 Å². The van der Waals surface area contributed by atoms with E-state index in [0.717, 1.165) is 56.9 Å². The average molecular weight is 450 g/mol. The van der Waals surface area contributed by atoms with Crippen LogP contribution in [-0.4, -0.2) is 43.8 Å². The van der Waals surface area contributed by atoms with E-state index in [9.17, 15) is 14.4 Å². The number of thiocarbonyl (C=S) groups is 1. The van der Waals surface area contributed by atoms with Crippen LogP contribution < -0.4 is 0 Å². The number of rotatable bonds is 13. The van der Waals surface area contributed by atoms with Gasteiger partial charge in [0.25, 0.3) is 5.91 Å². The molecular weight excluding hydrogens is 422 g/mol. The summed E-state index contributed by atoms with van der Waals surface area (Å²) in [6.07, 6.45) is 10.0. The van der Waals surface area contributed by atoms with Crippen molar-refractivity contribution >= 4 is 52.2 Å². The van der Waals surface area contributed by atoms with Crippen LogP contribution in [0.2, 0.25) is 0 Å². The van der Waals surface area contributed by atoms with Crippen molar-refractivity contribution in [3.05, 3.63) is 40.3 Å². The number of aromatic carboxylic acids is 1. The number of hydrogen-bond donors (Lipinski definition) is 2. The molecule has 0 radical (unpaired) electrons. The number of carbonyl (C=O) groups excluding carboxylic acids is 1. The Balaban J connectivity index is 1.68. The lowest BCUT2D eigenvalue weighted by atomic mass is 10.1. The van der Waals surface area contributed by atoms with E-state index in [2.05, 4.69) is 0 Å². The number of benzene rings is 1. The van der Waals surface area contributed by atoms with E-state index in [1.807, 2.05) is 0 Å². The SMILES string of the molecule is O=C(O)CCCCCCCCCCN1C(=O)/C(=C/c2ccc(C(=O)O)cc2)SC1=S. The minimum Gasteiger partial charge on any atom is -0.481 e. The Morgan fingerprint density at radius 3 is 2.07 bits per heavy atom. The van der Waals surface area contributed by atoms with Gasteiger partial charge in [0.15, 0.2) is 0 Å². The number of carboxylic acid groups (broad SMARTS) is 2. The van der Waals surface area contributed by atoms with Gasteiger partial charge in [0.1, 0.15) is 4.32 Å². The molecule has 1 heterocycles. The number of aliphatic carboxylic acids is 1. The molecule has 1 aliphatic heterocycles. The molecule has 0 bridgehead atoms. The van der Waals surface area contributed by atoms with Crippen molar-refractivity contribution in [1.29, 1.82) is 0 Å². The zero-order chi connectivity index (χ0) is 21.9. The second-order valence-corrected chi connectivity index (χ2v) is 8.91. The predicted octanol–water partition coefficient (Wildman–Crippen LogP) is 5.18. The van der Waals surface area contributed by atoms with Gasteiger partial charge in [0.05, 0.1) is 10.5 Å². The molecule has 30 heavy (non-hydrogen) atoms. The van der Waals surface area contributed by atoms with Gasteiger partial charge in [-0.1, -0.05) is 74.6 Å². The van der Waals surface area contributed by atoms with Crippen molar-refractivity contribution in [3.63, 3.8) is 0 Å². The Bertz CT molecular complexity index is 804. The van der Waals surface area contributed by atoms with Gasteiger partial charge < -0.3 is 10.2 Å². The lowest BCUT2D eigenvalue weighted by Crippen LogP contribution is -2.29. The summed E-state index contributed by atoms with van der Waals surface area (Å²) in [7, 11) is 0. The van der Waals surface area contributed by atoms with Crippen LogP contribution in [-0.2, 0) is 9.59 Å². The molecule has 1 aromatic carbocycles. The molecule has 1 amide bonds. The summed E-state index contributed by atoms with van der Waals surface area (Å²) >= 11 is 6.63. The van der Waals surface area contributed by atoms with Gasteiger partial charge in [-0.25, -0.2) is 4.79 Å². The van der Waals surface area contributed by atoms with Crippen LogP contribution in [0.15, 0.2) is 29.2 Å². The third kappa shape index (κ3) is 7.91. The lowest BCUT2D eigenvalue weighted by molar-refractivity contribution is -0.137. The van der Waals surface area contributed by atoms with Gasteiger partial charge in [0, 0.05) is 13.0 Å². The van der Waals surface area contributed by atoms with Crippen molar-refractivity contribution < 1.29 is 24.6 Å². The summed E-state index contributed by atoms with van der Waals surface area (Å²) in [6, 6.07) is 6.39. The molecule has 8 heteroatoms. The van der Waals surface area contributed by atoms with Gasteiger partial charge in [-0.3, -0.25) is 14.5 Å². The molecule has 2 rings (SSSR count). The fourth-order valence-corrected chi connectivity index (χ4v) is 4.48.